The molecular formula is C14H29NO2. The van der Waals surface area contributed by atoms with Gasteiger partial charge in [-0.1, -0.05) is 33.6 Å². The van der Waals surface area contributed by atoms with Crippen molar-refractivity contribution in [1.82, 2.24) is 5.32 Å². The van der Waals surface area contributed by atoms with Crippen molar-refractivity contribution in [2.75, 3.05) is 19.8 Å². The Balaban J connectivity index is 2.48. The predicted molar refractivity (Wildman–Crippen MR) is 70.9 cm³/mol. The van der Waals surface area contributed by atoms with E-state index in [1.54, 1.807) is 0 Å². The number of hydrogen-bond donors (Lipinski definition) is 3. The van der Waals surface area contributed by atoms with Gasteiger partial charge in [-0.25, -0.2) is 0 Å². The molecule has 1 aliphatic carbocycles. The van der Waals surface area contributed by atoms with E-state index in [-0.39, 0.29) is 18.6 Å². The lowest BCUT2D eigenvalue weighted by Gasteiger charge is -2.37. The average molecular weight is 243 g/mol. The largest absolute Gasteiger partial charge is 0.396 e. The van der Waals surface area contributed by atoms with Gasteiger partial charge in [0.1, 0.15) is 0 Å². The monoisotopic (exact) mass is 243 g/mol. The van der Waals surface area contributed by atoms with Crippen LogP contribution in [0.5, 0.6) is 0 Å². The first-order valence-corrected chi connectivity index (χ1v) is 6.97. The van der Waals surface area contributed by atoms with Gasteiger partial charge in [0, 0.05) is 18.0 Å². The second-order valence-electron chi connectivity index (χ2n) is 6.31. The second-order valence-corrected chi connectivity index (χ2v) is 6.31. The summed E-state index contributed by atoms with van der Waals surface area (Å²) in [6.45, 7) is 7.29. The Morgan fingerprint density at radius 1 is 1.18 bits per heavy atom. The summed E-state index contributed by atoms with van der Waals surface area (Å²) in [5.74, 6) is 1.45. The Hall–Kier alpha value is -0.120. The Bertz CT molecular complexity index is 214. The molecular weight excluding hydrogens is 214 g/mol. The first-order valence-electron chi connectivity index (χ1n) is 6.97. The molecule has 3 nitrogen and oxygen atoms in total. The lowest BCUT2D eigenvalue weighted by Crippen LogP contribution is -2.47. The van der Waals surface area contributed by atoms with Crippen molar-refractivity contribution in [2.24, 2.45) is 17.3 Å². The van der Waals surface area contributed by atoms with Crippen LogP contribution in [0.1, 0.15) is 46.5 Å². The molecule has 0 saturated heterocycles. The van der Waals surface area contributed by atoms with Gasteiger partial charge < -0.3 is 15.5 Å². The minimum Gasteiger partial charge on any atom is -0.396 e. The normalized spacial score (nSPS) is 26.5. The summed E-state index contributed by atoms with van der Waals surface area (Å²) in [4.78, 5) is 0. The van der Waals surface area contributed by atoms with Gasteiger partial charge in [-0.05, 0) is 24.7 Å². The van der Waals surface area contributed by atoms with Crippen LogP contribution in [0, 0.1) is 17.3 Å². The Labute approximate surface area is 106 Å². The molecule has 17 heavy (non-hydrogen) atoms. The summed E-state index contributed by atoms with van der Waals surface area (Å²) in [6, 6.07) is 0.557. The van der Waals surface area contributed by atoms with Crippen molar-refractivity contribution in [3.8, 4) is 0 Å². The van der Waals surface area contributed by atoms with E-state index >= 15 is 0 Å². The molecule has 0 aliphatic heterocycles. The summed E-state index contributed by atoms with van der Waals surface area (Å²) in [7, 11) is 0. The van der Waals surface area contributed by atoms with E-state index < -0.39 is 0 Å². The zero-order chi connectivity index (χ0) is 12.9. The topological polar surface area (TPSA) is 52.5 Å². The molecule has 1 aliphatic rings. The summed E-state index contributed by atoms with van der Waals surface area (Å²) in [5, 5.41) is 22.2. The van der Waals surface area contributed by atoms with Gasteiger partial charge in [-0.15, -0.1) is 0 Å². The molecule has 0 aromatic carbocycles. The van der Waals surface area contributed by atoms with Crippen LogP contribution in [0.15, 0.2) is 0 Å². The molecule has 2 atom stereocenters. The molecule has 3 N–H and O–H groups in total. The Kier molecular flexibility index (Phi) is 5.90. The van der Waals surface area contributed by atoms with Crippen molar-refractivity contribution < 1.29 is 10.2 Å². The fourth-order valence-electron chi connectivity index (χ4n) is 2.75. The van der Waals surface area contributed by atoms with Crippen molar-refractivity contribution in [3.05, 3.63) is 0 Å². The fraction of sp³-hybridized carbons (Fsp3) is 1.00. The standard InChI is InChI=1S/C14H29NO2/c1-11(2)12-6-4-5-7-13(12)15-8-14(3,9-16)10-17/h11-13,15-17H,4-10H2,1-3H3. The highest BCUT2D eigenvalue weighted by molar-refractivity contribution is 4.85. The molecule has 1 rings (SSSR count). The van der Waals surface area contributed by atoms with Crippen LogP contribution in [0.3, 0.4) is 0 Å². The van der Waals surface area contributed by atoms with Crippen molar-refractivity contribution in [3.63, 3.8) is 0 Å². The molecule has 1 saturated carbocycles. The van der Waals surface area contributed by atoms with Crippen molar-refractivity contribution >= 4 is 0 Å². The van der Waals surface area contributed by atoms with Crippen LogP contribution in [-0.2, 0) is 0 Å². The van der Waals surface area contributed by atoms with Crippen LogP contribution in [0.2, 0.25) is 0 Å². The van der Waals surface area contributed by atoms with Crippen LogP contribution in [0.4, 0.5) is 0 Å². The van der Waals surface area contributed by atoms with E-state index in [0.29, 0.717) is 18.5 Å². The summed E-state index contributed by atoms with van der Waals surface area (Å²) in [5.41, 5.74) is -0.390. The lowest BCUT2D eigenvalue weighted by molar-refractivity contribution is 0.0609. The Morgan fingerprint density at radius 3 is 2.29 bits per heavy atom. The molecule has 3 heteroatoms. The van der Waals surface area contributed by atoms with Gasteiger partial charge in [-0.3, -0.25) is 0 Å². The number of nitrogens with one attached hydrogen (secondary N) is 1. The lowest BCUT2D eigenvalue weighted by atomic mass is 9.77. The third-order valence-corrected chi connectivity index (χ3v) is 4.23. The average Bonchev–Trinajstić information content (AvgIpc) is 2.36. The number of rotatable bonds is 6. The minimum absolute atomic E-state index is 0.0373. The van der Waals surface area contributed by atoms with Crippen LogP contribution in [0.25, 0.3) is 0 Å². The first-order chi connectivity index (χ1) is 8.02. The molecule has 0 heterocycles. The molecule has 0 aromatic rings. The second kappa shape index (κ2) is 6.72. The van der Waals surface area contributed by atoms with E-state index in [4.69, 9.17) is 0 Å². The van der Waals surface area contributed by atoms with Gasteiger partial charge >= 0.3 is 0 Å². The zero-order valence-electron chi connectivity index (χ0n) is 11.6. The van der Waals surface area contributed by atoms with E-state index in [1.807, 2.05) is 6.92 Å². The molecule has 102 valence electrons. The predicted octanol–water partition coefficient (Wildman–Crippen LogP) is 1.78. The smallest absolute Gasteiger partial charge is 0.0518 e. The first kappa shape index (κ1) is 14.9. The SMILES string of the molecule is CC(C)C1CCCCC1NCC(C)(CO)CO. The highest BCUT2D eigenvalue weighted by Crippen LogP contribution is 2.30. The highest BCUT2D eigenvalue weighted by atomic mass is 16.3. The maximum absolute atomic E-state index is 9.29. The van der Waals surface area contributed by atoms with Crippen LogP contribution in [-0.4, -0.2) is 36.0 Å². The molecule has 2 unspecified atom stereocenters. The van der Waals surface area contributed by atoms with E-state index in [1.165, 1.54) is 25.7 Å². The Morgan fingerprint density at radius 2 is 1.76 bits per heavy atom. The molecule has 0 aromatic heterocycles. The van der Waals surface area contributed by atoms with E-state index in [2.05, 4.69) is 19.2 Å². The third kappa shape index (κ3) is 4.23. The van der Waals surface area contributed by atoms with Crippen LogP contribution < -0.4 is 5.32 Å². The maximum atomic E-state index is 9.29. The van der Waals surface area contributed by atoms with E-state index in [9.17, 15) is 10.2 Å². The van der Waals surface area contributed by atoms with E-state index in [0.717, 1.165) is 5.92 Å². The number of hydrogen-bond acceptors (Lipinski definition) is 3. The quantitative estimate of drug-likeness (QED) is 0.666. The van der Waals surface area contributed by atoms with Gasteiger partial charge in [0.2, 0.25) is 0 Å². The molecule has 0 amide bonds. The van der Waals surface area contributed by atoms with Gasteiger partial charge in [0.25, 0.3) is 0 Å². The molecule has 0 radical (unpaired) electrons. The number of aliphatic hydroxyl groups excluding tert-OH is 2. The van der Waals surface area contributed by atoms with Gasteiger partial charge in [0.15, 0.2) is 0 Å². The van der Waals surface area contributed by atoms with Crippen molar-refractivity contribution in [1.29, 1.82) is 0 Å². The van der Waals surface area contributed by atoms with Crippen molar-refractivity contribution in [2.45, 2.75) is 52.5 Å². The van der Waals surface area contributed by atoms with Gasteiger partial charge in [-0.2, -0.15) is 0 Å². The fourth-order valence-corrected chi connectivity index (χ4v) is 2.75. The number of aliphatic hydroxyl groups is 2. The summed E-state index contributed by atoms with van der Waals surface area (Å²) < 4.78 is 0. The van der Waals surface area contributed by atoms with Gasteiger partial charge in [0.05, 0.1) is 13.2 Å². The molecule has 1 fully saturated rings. The van der Waals surface area contributed by atoms with Crippen LogP contribution >= 0.6 is 0 Å². The highest BCUT2D eigenvalue weighted by Gasteiger charge is 2.30. The molecule has 0 bridgehead atoms. The summed E-state index contributed by atoms with van der Waals surface area (Å²) >= 11 is 0. The molecule has 0 spiro atoms. The zero-order valence-corrected chi connectivity index (χ0v) is 11.6. The minimum atomic E-state index is -0.390. The maximum Gasteiger partial charge on any atom is 0.0518 e. The third-order valence-electron chi connectivity index (χ3n) is 4.23. The summed E-state index contributed by atoms with van der Waals surface area (Å²) in [6.07, 6.45) is 5.19.